The van der Waals surface area contributed by atoms with Crippen LogP contribution in [0.3, 0.4) is 0 Å². The lowest BCUT2D eigenvalue weighted by molar-refractivity contribution is -0.807. The van der Waals surface area contributed by atoms with Crippen molar-refractivity contribution in [3.05, 3.63) is 47.0 Å². The summed E-state index contributed by atoms with van der Waals surface area (Å²) in [6.07, 6.45) is 1.84. The summed E-state index contributed by atoms with van der Waals surface area (Å²) in [5, 5.41) is 20.2. The molecule has 2 aromatic rings. The molecule has 0 saturated carbocycles. The van der Waals surface area contributed by atoms with Gasteiger partial charge in [0.05, 0.1) is 26.4 Å². The first kappa shape index (κ1) is 13.0. The molecule has 3 nitrogen and oxygen atoms in total. The van der Waals surface area contributed by atoms with Crippen molar-refractivity contribution in [1.82, 2.24) is 0 Å². The van der Waals surface area contributed by atoms with Crippen LogP contribution in [0.1, 0.15) is 22.7 Å². The van der Waals surface area contributed by atoms with Gasteiger partial charge in [0.1, 0.15) is 6.04 Å². The summed E-state index contributed by atoms with van der Waals surface area (Å²) < 4.78 is 0.672. The quantitative estimate of drug-likeness (QED) is 0.397. The van der Waals surface area contributed by atoms with Gasteiger partial charge in [-0.3, -0.25) is 3.89 Å². The smallest absolute Gasteiger partial charge is 0.165 e. The zero-order chi connectivity index (χ0) is 14.8. The van der Waals surface area contributed by atoms with E-state index in [4.69, 9.17) is 12.8 Å². The van der Waals surface area contributed by atoms with Crippen LogP contribution in [-0.2, 0) is 12.8 Å². The number of hydrogen-bond acceptors (Lipinski definition) is 3. The highest BCUT2D eigenvalue weighted by atomic mass is 32.1. The van der Waals surface area contributed by atoms with E-state index in [1.165, 1.54) is 11.1 Å². The number of benzene rings is 2. The molecule has 1 aliphatic heterocycles. The van der Waals surface area contributed by atoms with E-state index in [1.54, 1.807) is 6.07 Å². The fraction of sp³-hybridized carbons (Fsp3) is 0.294. The topological polar surface area (TPSA) is 40.5 Å². The van der Waals surface area contributed by atoms with E-state index in [9.17, 15) is 10.2 Å². The molecule has 4 heteroatoms. The Morgan fingerprint density at radius 2 is 1.95 bits per heavy atom. The van der Waals surface area contributed by atoms with Crippen LogP contribution in [-0.4, -0.2) is 27.7 Å². The van der Waals surface area contributed by atoms with Crippen LogP contribution in [0.15, 0.2) is 30.3 Å². The van der Waals surface area contributed by atoms with Gasteiger partial charge < -0.3 is 10.2 Å². The molecule has 1 aliphatic carbocycles. The van der Waals surface area contributed by atoms with Crippen LogP contribution in [0.25, 0.3) is 11.1 Å². The van der Waals surface area contributed by atoms with Gasteiger partial charge in [0.2, 0.25) is 0 Å². The Hall–Kier alpha value is -1.65. The molecule has 1 heterocycles. The van der Waals surface area contributed by atoms with Crippen molar-refractivity contribution in [2.24, 2.45) is 0 Å². The van der Waals surface area contributed by atoms with Crippen molar-refractivity contribution >= 4 is 12.8 Å². The summed E-state index contributed by atoms with van der Waals surface area (Å²) in [7, 11) is 2.15. The van der Waals surface area contributed by atoms with E-state index in [0.717, 1.165) is 36.1 Å². The van der Waals surface area contributed by atoms with Crippen LogP contribution in [0.4, 0.5) is 0 Å². The second kappa shape index (κ2) is 4.18. The summed E-state index contributed by atoms with van der Waals surface area (Å²) in [4.78, 5) is 0. The first-order valence-corrected chi connectivity index (χ1v) is 7.63. The number of fused-ring (bicyclic) bond motifs is 2. The van der Waals surface area contributed by atoms with E-state index in [2.05, 4.69) is 13.1 Å². The molecule has 2 atom stereocenters. The molecular formula is C17H18NO2S+. The summed E-state index contributed by atoms with van der Waals surface area (Å²) in [6, 6.07) is 10.0. The predicted molar refractivity (Wildman–Crippen MR) is 85.4 cm³/mol. The molecule has 2 N–H and O–H groups in total. The van der Waals surface area contributed by atoms with E-state index < -0.39 is 0 Å². The van der Waals surface area contributed by atoms with Crippen molar-refractivity contribution in [1.29, 1.82) is 0 Å². The normalized spacial score (nSPS) is 26.1. The molecule has 2 aromatic carbocycles. The molecular weight excluding hydrogens is 282 g/mol. The first-order chi connectivity index (χ1) is 9.99. The van der Waals surface area contributed by atoms with Gasteiger partial charge in [-0.15, -0.1) is 0 Å². The molecule has 21 heavy (non-hydrogen) atoms. The number of quaternary nitrogens is 1. The van der Waals surface area contributed by atoms with Crippen molar-refractivity contribution in [3.8, 4) is 22.6 Å². The van der Waals surface area contributed by atoms with Gasteiger partial charge in [-0.1, -0.05) is 24.3 Å². The molecule has 0 spiro atoms. The van der Waals surface area contributed by atoms with Crippen LogP contribution in [0.2, 0.25) is 0 Å². The third kappa shape index (κ3) is 1.72. The van der Waals surface area contributed by atoms with Crippen molar-refractivity contribution in [3.63, 3.8) is 0 Å². The number of rotatable bonds is 0. The van der Waals surface area contributed by atoms with E-state index >= 15 is 0 Å². The number of phenols is 2. The summed E-state index contributed by atoms with van der Waals surface area (Å²) in [5.74, 6) is -0.0537. The fourth-order valence-corrected chi connectivity index (χ4v) is 4.12. The third-order valence-corrected chi connectivity index (χ3v) is 5.44. The van der Waals surface area contributed by atoms with Crippen molar-refractivity contribution in [2.75, 3.05) is 13.6 Å². The van der Waals surface area contributed by atoms with Crippen molar-refractivity contribution < 1.29 is 14.1 Å². The Labute approximate surface area is 129 Å². The Balaban J connectivity index is 2.06. The standard InChI is InChI=1S/C17H17NO2S/c1-18(21)8-7-10-3-2-4-12-15(10)13(18)9-11-5-6-14(19)17(20)16(11)12/h2-6,13,21H,7-9H2,1H3,(H-,19,20)/p+1. The average molecular weight is 300 g/mol. The second-order valence-electron chi connectivity index (χ2n) is 6.25. The highest BCUT2D eigenvalue weighted by molar-refractivity contribution is 7.74. The van der Waals surface area contributed by atoms with Gasteiger partial charge in [0.25, 0.3) is 0 Å². The fourth-order valence-electron chi connectivity index (χ4n) is 3.82. The minimum atomic E-state index is -0.0521. The summed E-state index contributed by atoms with van der Waals surface area (Å²) >= 11 is 4.86. The molecule has 0 amide bonds. The lowest BCUT2D eigenvalue weighted by atomic mass is 9.77. The van der Waals surface area contributed by atoms with Crippen LogP contribution in [0.5, 0.6) is 11.5 Å². The highest BCUT2D eigenvalue weighted by Gasteiger charge is 2.42. The second-order valence-corrected chi connectivity index (χ2v) is 7.17. The average Bonchev–Trinajstić information content (AvgIpc) is 2.46. The molecule has 2 aliphatic rings. The Morgan fingerprint density at radius 1 is 1.14 bits per heavy atom. The Morgan fingerprint density at radius 3 is 2.76 bits per heavy atom. The Kier molecular flexibility index (Phi) is 2.60. The highest BCUT2D eigenvalue weighted by Crippen LogP contribution is 2.52. The van der Waals surface area contributed by atoms with Gasteiger partial charge in [0.15, 0.2) is 11.5 Å². The number of hydrogen-bond donors (Lipinski definition) is 3. The SMILES string of the molecule is C[N+]1(S)CCc2cccc3c2C1Cc1ccc(O)c(O)c1-3. The number of phenolic OH excluding ortho intramolecular Hbond substituents is 2. The number of likely N-dealkylation sites (N-methyl/N-ethyl adjacent to an activating group) is 1. The molecule has 0 fully saturated rings. The summed E-state index contributed by atoms with van der Waals surface area (Å²) in [6.45, 7) is 1.00. The molecule has 0 radical (unpaired) electrons. The largest absolute Gasteiger partial charge is 0.504 e. The molecule has 0 aromatic heterocycles. The molecule has 108 valence electrons. The number of thiol groups is 1. The van der Waals surface area contributed by atoms with Gasteiger partial charge in [0, 0.05) is 24.0 Å². The molecule has 2 unspecified atom stereocenters. The maximum absolute atomic E-state index is 10.3. The molecule has 0 saturated heterocycles. The molecule has 0 bridgehead atoms. The van der Waals surface area contributed by atoms with Gasteiger partial charge in [-0.25, -0.2) is 0 Å². The van der Waals surface area contributed by atoms with Crippen LogP contribution in [0, 0.1) is 0 Å². The van der Waals surface area contributed by atoms with E-state index in [-0.39, 0.29) is 11.5 Å². The van der Waals surface area contributed by atoms with Crippen LogP contribution < -0.4 is 0 Å². The number of nitrogens with zero attached hydrogens (tertiary/aromatic N) is 1. The summed E-state index contributed by atoms with van der Waals surface area (Å²) in [5.41, 5.74) is 5.55. The maximum atomic E-state index is 10.3. The third-order valence-electron chi connectivity index (χ3n) is 4.96. The van der Waals surface area contributed by atoms with E-state index in [0.29, 0.717) is 9.93 Å². The van der Waals surface area contributed by atoms with Gasteiger partial charge >= 0.3 is 0 Å². The van der Waals surface area contributed by atoms with Gasteiger partial charge in [-0.05, 0) is 22.8 Å². The minimum absolute atomic E-state index is 0.00158. The lowest BCUT2D eigenvalue weighted by Crippen LogP contribution is -2.45. The number of aromatic hydroxyl groups is 2. The minimum Gasteiger partial charge on any atom is -0.504 e. The van der Waals surface area contributed by atoms with Crippen LogP contribution >= 0.6 is 12.8 Å². The lowest BCUT2D eigenvalue weighted by Gasteiger charge is -2.43. The monoisotopic (exact) mass is 300 g/mol. The zero-order valence-electron chi connectivity index (χ0n) is 11.9. The maximum Gasteiger partial charge on any atom is 0.165 e. The van der Waals surface area contributed by atoms with Crippen molar-refractivity contribution in [2.45, 2.75) is 18.9 Å². The first-order valence-electron chi connectivity index (χ1n) is 7.23. The Bertz CT molecular complexity index is 755. The van der Waals surface area contributed by atoms with E-state index in [1.807, 2.05) is 18.2 Å². The predicted octanol–water partition coefficient (Wildman–Crippen LogP) is 3.21. The van der Waals surface area contributed by atoms with Gasteiger partial charge in [-0.2, -0.15) is 0 Å². The molecule has 4 rings (SSSR count). The zero-order valence-corrected chi connectivity index (χ0v) is 12.8.